The summed E-state index contributed by atoms with van der Waals surface area (Å²) in [6.45, 7) is 3.08. The Bertz CT molecular complexity index is 1350. The van der Waals surface area contributed by atoms with E-state index >= 15 is 0 Å². The highest BCUT2D eigenvalue weighted by Gasteiger charge is 2.34. The van der Waals surface area contributed by atoms with E-state index in [4.69, 9.17) is 14.5 Å². The normalized spacial score (nSPS) is 17.6. The van der Waals surface area contributed by atoms with Crippen LogP contribution in [0.15, 0.2) is 85.1 Å². The molecular formula is C30H32N4O3. The lowest BCUT2D eigenvalue weighted by atomic mass is 9.94. The van der Waals surface area contributed by atoms with Crippen LogP contribution in [-0.2, 0) is 4.74 Å². The molecular weight excluding hydrogens is 464 g/mol. The maximum atomic E-state index is 13.6. The number of aromatic nitrogens is 1. The molecule has 1 saturated heterocycles. The van der Waals surface area contributed by atoms with Crippen LogP contribution in [0.2, 0.25) is 0 Å². The number of pyridine rings is 1. The first-order valence-electron chi connectivity index (χ1n) is 12.5. The molecule has 0 spiro atoms. The van der Waals surface area contributed by atoms with Gasteiger partial charge in [0.1, 0.15) is 5.75 Å². The summed E-state index contributed by atoms with van der Waals surface area (Å²) in [6.07, 6.45) is 1.82. The second-order valence-electron chi connectivity index (χ2n) is 9.25. The number of hydrogen-bond donors (Lipinski definition) is 2. The number of benzene rings is 3. The Hall–Kier alpha value is -3.94. The Labute approximate surface area is 217 Å². The molecule has 5 rings (SSSR count). The number of carbonyl (C=O) groups excluding carboxylic acids is 1. The number of anilines is 1. The SMILES string of the molecule is COCCN1C[C@@H](NC(=O)Nc2c(-c3ccccc3)ncc3cccc(OC)c23)[C@H](c2ccccc2)C1. The monoisotopic (exact) mass is 496 g/mol. The summed E-state index contributed by atoms with van der Waals surface area (Å²) < 4.78 is 11.0. The summed E-state index contributed by atoms with van der Waals surface area (Å²) in [5.74, 6) is 0.860. The fourth-order valence-corrected chi connectivity index (χ4v) is 5.14. The van der Waals surface area contributed by atoms with E-state index in [-0.39, 0.29) is 18.0 Å². The molecule has 0 radical (unpaired) electrons. The maximum Gasteiger partial charge on any atom is 0.319 e. The second kappa shape index (κ2) is 11.4. The molecule has 0 unspecified atom stereocenters. The lowest BCUT2D eigenvalue weighted by Crippen LogP contribution is -2.42. The van der Waals surface area contributed by atoms with Crippen molar-refractivity contribution in [2.24, 2.45) is 0 Å². The van der Waals surface area contributed by atoms with Gasteiger partial charge in [0.25, 0.3) is 0 Å². The van der Waals surface area contributed by atoms with Gasteiger partial charge in [-0.05, 0) is 11.6 Å². The number of nitrogens with zero attached hydrogens (tertiary/aromatic N) is 2. The van der Waals surface area contributed by atoms with Gasteiger partial charge in [0, 0.05) is 49.8 Å². The first-order chi connectivity index (χ1) is 18.2. The third-order valence-corrected chi connectivity index (χ3v) is 6.94. The Morgan fingerprint density at radius 2 is 1.73 bits per heavy atom. The zero-order chi connectivity index (χ0) is 25.6. The average Bonchev–Trinajstić information content (AvgIpc) is 3.34. The van der Waals surface area contributed by atoms with Gasteiger partial charge in [0.05, 0.1) is 36.5 Å². The van der Waals surface area contributed by atoms with E-state index in [2.05, 4.69) is 27.7 Å². The molecule has 2 heterocycles. The van der Waals surface area contributed by atoms with Crippen LogP contribution in [0.1, 0.15) is 11.5 Å². The van der Waals surface area contributed by atoms with Gasteiger partial charge in [-0.25, -0.2) is 4.79 Å². The van der Waals surface area contributed by atoms with E-state index in [1.165, 1.54) is 5.56 Å². The number of amides is 2. The van der Waals surface area contributed by atoms with Crippen molar-refractivity contribution in [1.82, 2.24) is 15.2 Å². The van der Waals surface area contributed by atoms with E-state index in [1.807, 2.05) is 72.9 Å². The van der Waals surface area contributed by atoms with Crippen LogP contribution < -0.4 is 15.4 Å². The molecule has 4 aromatic rings. The standard InChI is InChI=1S/C30H32N4O3/c1-36-17-16-34-19-24(21-10-5-3-6-11-21)25(20-34)32-30(35)33-29-27-23(14-9-15-26(27)37-2)18-31-28(29)22-12-7-4-8-13-22/h3-15,18,24-25H,16-17,19-20H2,1-2H3,(H2,32,33,35)/t24-,25+/m0/s1. The molecule has 0 aliphatic carbocycles. The van der Waals surface area contributed by atoms with Crippen molar-refractivity contribution >= 4 is 22.5 Å². The predicted molar refractivity (Wildman–Crippen MR) is 147 cm³/mol. The van der Waals surface area contributed by atoms with Crippen LogP contribution in [0.4, 0.5) is 10.5 Å². The Morgan fingerprint density at radius 1 is 0.973 bits per heavy atom. The highest BCUT2D eigenvalue weighted by molar-refractivity contribution is 6.09. The van der Waals surface area contributed by atoms with Crippen LogP contribution in [0.25, 0.3) is 22.0 Å². The van der Waals surface area contributed by atoms with Crippen molar-refractivity contribution < 1.29 is 14.3 Å². The average molecular weight is 497 g/mol. The minimum absolute atomic E-state index is 0.0516. The summed E-state index contributed by atoms with van der Waals surface area (Å²) in [5.41, 5.74) is 3.45. The lowest BCUT2D eigenvalue weighted by molar-refractivity contribution is 0.159. The quantitative estimate of drug-likeness (QED) is 0.353. The van der Waals surface area contributed by atoms with Gasteiger partial charge in [-0.1, -0.05) is 72.8 Å². The first kappa shape index (κ1) is 24.7. The molecule has 2 amide bonds. The number of methoxy groups -OCH3 is 2. The number of hydrogen-bond acceptors (Lipinski definition) is 5. The van der Waals surface area contributed by atoms with E-state index in [0.717, 1.165) is 36.0 Å². The zero-order valence-electron chi connectivity index (χ0n) is 21.2. The van der Waals surface area contributed by atoms with E-state index < -0.39 is 0 Å². The Morgan fingerprint density at radius 3 is 2.46 bits per heavy atom. The van der Waals surface area contributed by atoms with Crippen molar-refractivity contribution in [1.29, 1.82) is 0 Å². The molecule has 37 heavy (non-hydrogen) atoms. The summed E-state index contributed by atoms with van der Waals surface area (Å²) >= 11 is 0. The molecule has 7 nitrogen and oxygen atoms in total. The number of rotatable bonds is 8. The van der Waals surface area contributed by atoms with Crippen molar-refractivity contribution in [2.45, 2.75) is 12.0 Å². The Balaban J connectivity index is 1.46. The molecule has 1 fully saturated rings. The molecule has 1 aromatic heterocycles. The highest BCUT2D eigenvalue weighted by atomic mass is 16.5. The summed E-state index contributed by atoms with van der Waals surface area (Å²) in [5, 5.41) is 8.12. The predicted octanol–water partition coefficient (Wildman–Crippen LogP) is 5.15. The van der Waals surface area contributed by atoms with Crippen LogP contribution in [0.3, 0.4) is 0 Å². The van der Waals surface area contributed by atoms with Crippen LogP contribution in [0.5, 0.6) is 5.75 Å². The van der Waals surface area contributed by atoms with E-state index in [0.29, 0.717) is 23.7 Å². The molecule has 2 atom stereocenters. The molecule has 3 aromatic carbocycles. The molecule has 190 valence electrons. The van der Waals surface area contributed by atoms with Crippen LogP contribution >= 0.6 is 0 Å². The lowest BCUT2D eigenvalue weighted by Gasteiger charge is -2.22. The third-order valence-electron chi connectivity index (χ3n) is 6.94. The molecule has 1 aliphatic heterocycles. The summed E-state index contributed by atoms with van der Waals surface area (Å²) in [6, 6.07) is 25.7. The van der Waals surface area contributed by atoms with Crippen molar-refractivity contribution in [3.8, 4) is 17.0 Å². The van der Waals surface area contributed by atoms with Gasteiger partial charge in [0.15, 0.2) is 0 Å². The molecule has 0 saturated carbocycles. The van der Waals surface area contributed by atoms with Crippen LogP contribution in [-0.4, -0.2) is 62.4 Å². The number of likely N-dealkylation sites (tertiary alicyclic amines) is 1. The molecule has 7 heteroatoms. The molecule has 0 bridgehead atoms. The van der Waals surface area contributed by atoms with Gasteiger partial charge in [0.2, 0.25) is 0 Å². The van der Waals surface area contributed by atoms with Gasteiger partial charge in [-0.3, -0.25) is 9.88 Å². The molecule has 2 N–H and O–H groups in total. The molecule has 1 aliphatic rings. The number of nitrogens with one attached hydrogen (secondary N) is 2. The van der Waals surface area contributed by atoms with Gasteiger partial charge < -0.3 is 20.1 Å². The van der Waals surface area contributed by atoms with Crippen LogP contribution in [0, 0.1) is 0 Å². The van der Waals surface area contributed by atoms with Gasteiger partial charge >= 0.3 is 6.03 Å². The minimum atomic E-state index is -0.267. The largest absolute Gasteiger partial charge is 0.496 e. The van der Waals surface area contributed by atoms with Crippen molar-refractivity contribution in [3.63, 3.8) is 0 Å². The first-order valence-corrected chi connectivity index (χ1v) is 12.5. The minimum Gasteiger partial charge on any atom is -0.496 e. The van der Waals surface area contributed by atoms with Gasteiger partial charge in [-0.2, -0.15) is 0 Å². The fraction of sp³-hybridized carbons (Fsp3) is 0.267. The maximum absolute atomic E-state index is 13.6. The third kappa shape index (κ3) is 5.43. The zero-order valence-corrected chi connectivity index (χ0v) is 21.2. The number of ether oxygens (including phenoxy) is 2. The number of urea groups is 1. The van der Waals surface area contributed by atoms with Gasteiger partial charge in [-0.15, -0.1) is 0 Å². The van der Waals surface area contributed by atoms with E-state index in [9.17, 15) is 4.79 Å². The van der Waals surface area contributed by atoms with Crippen molar-refractivity contribution in [2.75, 3.05) is 45.8 Å². The topological polar surface area (TPSA) is 75.7 Å². The Kier molecular flexibility index (Phi) is 7.63. The number of fused-ring (bicyclic) bond motifs is 1. The van der Waals surface area contributed by atoms with Crippen molar-refractivity contribution in [3.05, 3.63) is 90.6 Å². The smallest absolute Gasteiger partial charge is 0.319 e. The van der Waals surface area contributed by atoms with E-state index in [1.54, 1.807) is 14.2 Å². The highest BCUT2D eigenvalue weighted by Crippen LogP contribution is 2.38. The number of carbonyl (C=O) groups is 1. The summed E-state index contributed by atoms with van der Waals surface area (Å²) in [7, 11) is 3.35. The fourth-order valence-electron chi connectivity index (χ4n) is 5.14. The second-order valence-corrected chi connectivity index (χ2v) is 9.25. The summed E-state index contributed by atoms with van der Waals surface area (Å²) in [4.78, 5) is 20.6.